The smallest absolute Gasteiger partial charge is 0.240 e. The van der Waals surface area contributed by atoms with E-state index in [1.54, 1.807) is 32.5 Å². The van der Waals surface area contributed by atoms with Gasteiger partial charge in [-0.2, -0.15) is 5.26 Å². The Balaban J connectivity index is 1.66. The minimum atomic E-state index is -0.440. The third-order valence-corrected chi connectivity index (χ3v) is 6.97. The van der Waals surface area contributed by atoms with Crippen LogP contribution in [0.3, 0.4) is 0 Å². The molecule has 0 bridgehead atoms. The van der Waals surface area contributed by atoms with E-state index in [4.69, 9.17) is 4.42 Å². The number of aromatic nitrogens is 3. The molecule has 2 aromatic heterocycles. The molecular weight excluding hydrogens is 430 g/mol. The number of carbonyl (C=O) groups is 1. The summed E-state index contributed by atoms with van der Waals surface area (Å²) in [5.41, 5.74) is 2.32. The zero-order valence-electron chi connectivity index (χ0n) is 18.2. The third kappa shape index (κ3) is 5.32. The van der Waals surface area contributed by atoms with E-state index >= 15 is 0 Å². The highest BCUT2D eigenvalue weighted by molar-refractivity contribution is 8.00. The Hall–Kier alpha value is -2.70. The molecule has 0 aliphatic heterocycles. The van der Waals surface area contributed by atoms with Crippen LogP contribution in [0.1, 0.15) is 42.1 Å². The number of rotatable bonds is 8. The standard InChI is InChI=1S/C22H25N5O2S2/c1-6-27-19(12-30-17-9-7-13(2)8-10-17)25-26-22(27)31-16(5)20(28)24-21-18(11-23)14(3)15(4)29-21/h7-10,16H,6,12H2,1-5H3,(H,24,28). The Morgan fingerprint density at radius 3 is 2.61 bits per heavy atom. The lowest BCUT2D eigenvalue weighted by Gasteiger charge is -2.12. The summed E-state index contributed by atoms with van der Waals surface area (Å²) in [6, 6.07) is 10.5. The van der Waals surface area contributed by atoms with Gasteiger partial charge in [-0.25, -0.2) is 0 Å². The topological polar surface area (TPSA) is 96.7 Å². The Morgan fingerprint density at radius 2 is 1.97 bits per heavy atom. The normalized spacial score (nSPS) is 11.9. The van der Waals surface area contributed by atoms with Crippen molar-refractivity contribution in [2.45, 2.75) is 62.2 Å². The van der Waals surface area contributed by atoms with Gasteiger partial charge in [-0.05, 0) is 46.8 Å². The number of benzene rings is 1. The van der Waals surface area contributed by atoms with E-state index in [1.165, 1.54) is 22.2 Å². The fourth-order valence-corrected chi connectivity index (χ4v) is 4.66. The molecule has 0 radical (unpaired) electrons. The summed E-state index contributed by atoms with van der Waals surface area (Å²) in [5, 5.41) is 20.9. The fourth-order valence-electron chi connectivity index (χ4n) is 2.89. The molecule has 0 fully saturated rings. The molecule has 0 saturated heterocycles. The Kier molecular flexibility index (Phi) is 7.46. The van der Waals surface area contributed by atoms with E-state index in [9.17, 15) is 10.1 Å². The molecule has 1 amide bonds. The van der Waals surface area contributed by atoms with Crippen molar-refractivity contribution < 1.29 is 9.21 Å². The maximum atomic E-state index is 12.7. The van der Waals surface area contributed by atoms with Gasteiger partial charge < -0.3 is 8.98 Å². The number of hydrogen-bond donors (Lipinski definition) is 1. The number of carbonyl (C=O) groups excluding carboxylic acids is 1. The molecule has 162 valence electrons. The first-order chi connectivity index (χ1) is 14.8. The Morgan fingerprint density at radius 1 is 1.26 bits per heavy atom. The van der Waals surface area contributed by atoms with Crippen LogP contribution in [0.25, 0.3) is 0 Å². The van der Waals surface area contributed by atoms with E-state index in [0.29, 0.717) is 28.8 Å². The largest absolute Gasteiger partial charge is 0.444 e. The molecule has 1 N–H and O–H groups in total. The van der Waals surface area contributed by atoms with Gasteiger partial charge in [0.25, 0.3) is 0 Å². The van der Waals surface area contributed by atoms with Gasteiger partial charge in [-0.15, -0.1) is 22.0 Å². The lowest BCUT2D eigenvalue weighted by atomic mass is 10.2. The molecule has 0 aliphatic rings. The number of nitrogens with one attached hydrogen (secondary N) is 1. The molecule has 2 heterocycles. The van der Waals surface area contributed by atoms with Crippen LogP contribution in [0.15, 0.2) is 38.7 Å². The summed E-state index contributed by atoms with van der Waals surface area (Å²) >= 11 is 3.04. The summed E-state index contributed by atoms with van der Waals surface area (Å²) in [6.07, 6.45) is 0. The predicted octanol–water partition coefficient (Wildman–Crippen LogP) is 5.10. The average molecular weight is 456 g/mol. The molecule has 0 saturated carbocycles. The zero-order chi connectivity index (χ0) is 22.5. The summed E-state index contributed by atoms with van der Waals surface area (Å²) in [6.45, 7) is 10.2. The van der Waals surface area contributed by atoms with Crippen molar-refractivity contribution in [2.24, 2.45) is 0 Å². The Bertz CT molecular complexity index is 1110. The number of thioether (sulfide) groups is 2. The molecule has 9 heteroatoms. The molecule has 1 atom stereocenters. The van der Waals surface area contributed by atoms with Gasteiger partial charge in [0.2, 0.25) is 11.8 Å². The van der Waals surface area contributed by atoms with Gasteiger partial charge in [0.05, 0.1) is 11.0 Å². The van der Waals surface area contributed by atoms with Crippen molar-refractivity contribution in [1.82, 2.24) is 14.8 Å². The minimum Gasteiger partial charge on any atom is -0.444 e. The van der Waals surface area contributed by atoms with E-state index < -0.39 is 5.25 Å². The first-order valence-corrected chi connectivity index (χ1v) is 11.8. The van der Waals surface area contributed by atoms with Crippen LogP contribution >= 0.6 is 23.5 Å². The number of aryl methyl sites for hydroxylation is 2. The second-order valence-electron chi connectivity index (χ2n) is 7.09. The first kappa shape index (κ1) is 23.0. The second kappa shape index (κ2) is 10.1. The summed E-state index contributed by atoms with van der Waals surface area (Å²) in [4.78, 5) is 13.9. The first-order valence-electron chi connectivity index (χ1n) is 9.93. The van der Waals surface area contributed by atoms with E-state index in [0.717, 1.165) is 11.4 Å². The highest BCUT2D eigenvalue weighted by Crippen LogP contribution is 2.29. The average Bonchev–Trinajstić information content (AvgIpc) is 3.26. The zero-order valence-corrected chi connectivity index (χ0v) is 19.9. The highest BCUT2D eigenvalue weighted by atomic mass is 32.2. The summed E-state index contributed by atoms with van der Waals surface area (Å²) in [5.74, 6) is 2.13. The molecule has 31 heavy (non-hydrogen) atoms. The number of nitrogens with zero attached hydrogens (tertiary/aromatic N) is 4. The third-order valence-electron chi connectivity index (χ3n) is 4.88. The number of nitriles is 1. The quantitative estimate of drug-likeness (QED) is 0.472. The fraction of sp³-hybridized carbons (Fsp3) is 0.364. The van der Waals surface area contributed by atoms with Gasteiger partial charge in [-0.1, -0.05) is 29.5 Å². The molecular formula is C22H25N5O2S2. The second-order valence-corrected chi connectivity index (χ2v) is 9.45. The molecule has 3 rings (SSSR count). The van der Waals surface area contributed by atoms with Gasteiger partial charge in [0.1, 0.15) is 23.2 Å². The van der Waals surface area contributed by atoms with Crippen molar-refractivity contribution in [3.05, 3.63) is 52.5 Å². The van der Waals surface area contributed by atoms with Crippen molar-refractivity contribution in [2.75, 3.05) is 5.32 Å². The van der Waals surface area contributed by atoms with Crippen LogP contribution in [0.5, 0.6) is 0 Å². The maximum absolute atomic E-state index is 12.7. The van der Waals surface area contributed by atoms with Crippen molar-refractivity contribution >= 4 is 35.3 Å². The van der Waals surface area contributed by atoms with Gasteiger partial charge in [-0.3, -0.25) is 10.1 Å². The molecule has 1 aromatic carbocycles. The number of amides is 1. The van der Waals surface area contributed by atoms with E-state index in [-0.39, 0.29) is 11.8 Å². The summed E-state index contributed by atoms with van der Waals surface area (Å²) < 4.78 is 7.56. The lowest BCUT2D eigenvalue weighted by molar-refractivity contribution is -0.115. The van der Waals surface area contributed by atoms with Gasteiger partial charge >= 0.3 is 0 Å². The van der Waals surface area contributed by atoms with Crippen LogP contribution in [0.2, 0.25) is 0 Å². The number of furan rings is 1. The van der Waals surface area contributed by atoms with Crippen LogP contribution in [0.4, 0.5) is 5.88 Å². The van der Waals surface area contributed by atoms with E-state index in [1.807, 2.05) is 11.5 Å². The summed E-state index contributed by atoms with van der Waals surface area (Å²) in [7, 11) is 0. The lowest BCUT2D eigenvalue weighted by Crippen LogP contribution is -2.23. The van der Waals surface area contributed by atoms with Crippen molar-refractivity contribution in [3.63, 3.8) is 0 Å². The molecule has 0 aliphatic carbocycles. The van der Waals surface area contributed by atoms with Crippen molar-refractivity contribution in [1.29, 1.82) is 5.26 Å². The van der Waals surface area contributed by atoms with Crippen LogP contribution < -0.4 is 5.32 Å². The molecule has 3 aromatic rings. The number of anilines is 1. The van der Waals surface area contributed by atoms with Crippen molar-refractivity contribution in [3.8, 4) is 6.07 Å². The van der Waals surface area contributed by atoms with Crippen LogP contribution in [-0.4, -0.2) is 25.9 Å². The van der Waals surface area contributed by atoms with Crippen LogP contribution in [0, 0.1) is 32.1 Å². The van der Waals surface area contributed by atoms with Gasteiger partial charge in [0, 0.05) is 17.0 Å². The SMILES string of the molecule is CCn1c(CSc2ccc(C)cc2)nnc1SC(C)C(=O)Nc1oc(C)c(C)c1C#N. The maximum Gasteiger partial charge on any atom is 0.240 e. The van der Waals surface area contributed by atoms with Gasteiger partial charge in [0.15, 0.2) is 5.16 Å². The number of hydrogen-bond acceptors (Lipinski definition) is 7. The monoisotopic (exact) mass is 455 g/mol. The predicted molar refractivity (Wildman–Crippen MR) is 123 cm³/mol. The minimum absolute atomic E-state index is 0.196. The molecule has 7 nitrogen and oxygen atoms in total. The molecule has 1 unspecified atom stereocenters. The van der Waals surface area contributed by atoms with Crippen LogP contribution in [-0.2, 0) is 17.1 Å². The Labute approximate surface area is 190 Å². The highest BCUT2D eigenvalue weighted by Gasteiger charge is 2.23. The molecule has 0 spiro atoms. The van der Waals surface area contributed by atoms with E-state index in [2.05, 4.69) is 52.8 Å².